The average molecular weight is 319 g/mol. The maximum absolute atomic E-state index is 13.7. The molecule has 0 amide bonds. The number of nitrogens with zero attached hydrogens (tertiary/aromatic N) is 1. The Hall–Kier alpha value is -0.740. The molecule has 88 valence electrons. The van der Waals surface area contributed by atoms with Crippen LogP contribution < -0.4 is 0 Å². The lowest BCUT2D eigenvalue weighted by atomic mass is 10.1. The Kier molecular flexibility index (Phi) is 2.60. The number of benzene rings is 1. The second-order valence-electron chi connectivity index (χ2n) is 4.08. The molecule has 1 heterocycles. The van der Waals surface area contributed by atoms with Crippen molar-refractivity contribution in [3.63, 3.8) is 0 Å². The Labute approximate surface area is 110 Å². The van der Waals surface area contributed by atoms with Gasteiger partial charge in [-0.3, -0.25) is 0 Å². The summed E-state index contributed by atoms with van der Waals surface area (Å²) in [6, 6.07) is 0.830. The van der Waals surface area contributed by atoms with E-state index in [-0.39, 0.29) is 9.99 Å². The van der Waals surface area contributed by atoms with Crippen LogP contribution in [0.3, 0.4) is 0 Å². The highest BCUT2D eigenvalue weighted by Gasteiger charge is 2.22. The summed E-state index contributed by atoms with van der Waals surface area (Å²) in [5.74, 6) is -1.33. The monoisotopic (exact) mass is 317 g/mol. The van der Waals surface area contributed by atoms with Crippen molar-refractivity contribution in [2.75, 3.05) is 0 Å². The lowest BCUT2D eigenvalue weighted by Crippen LogP contribution is -1.96. The predicted octanol–water partition coefficient (Wildman–Crippen LogP) is 4.42. The smallest absolute Gasteiger partial charge is 0.152 e. The molecule has 0 bridgehead atoms. The first-order chi connectivity index (χ1) is 8.09. The fourth-order valence-corrected chi connectivity index (χ4v) is 3.27. The van der Waals surface area contributed by atoms with Crippen molar-refractivity contribution in [2.45, 2.75) is 19.3 Å². The first-order valence-corrected chi connectivity index (χ1v) is 6.41. The molecule has 1 aromatic carbocycles. The Morgan fingerprint density at radius 3 is 2.76 bits per heavy atom. The number of fused-ring (bicyclic) bond motifs is 2. The Morgan fingerprint density at radius 1 is 1.24 bits per heavy atom. The molecule has 3 rings (SSSR count). The average Bonchev–Trinajstić information content (AvgIpc) is 2.74. The topological polar surface area (TPSA) is 12.9 Å². The fourth-order valence-electron chi connectivity index (χ4n) is 2.27. The zero-order valence-corrected chi connectivity index (χ0v) is 11.0. The lowest BCUT2D eigenvalue weighted by Gasteiger charge is -2.09. The van der Waals surface area contributed by atoms with E-state index in [1.165, 1.54) is 0 Å². The highest BCUT2D eigenvalue weighted by atomic mass is 79.9. The summed E-state index contributed by atoms with van der Waals surface area (Å²) in [4.78, 5) is 4.26. The summed E-state index contributed by atoms with van der Waals surface area (Å²) in [5, 5.41) is 0.762. The maximum Gasteiger partial charge on any atom is 0.152 e. The summed E-state index contributed by atoms with van der Waals surface area (Å²) >= 11 is 9.34. The molecule has 0 atom stereocenters. The summed E-state index contributed by atoms with van der Waals surface area (Å²) in [6.07, 6.45) is 2.58. The number of halogens is 4. The van der Waals surface area contributed by atoms with Crippen molar-refractivity contribution in [1.29, 1.82) is 0 Å². The van der Waals surface area contributed by atoms with Crippen LogP contribution in [0.4, 0.5) is 8.78 Å². The third-order valence-corrected chi connectivity index (χ3v) is 4.26. The molecule has 17 heavy (non-hydrogen) atoms. The van der Waals surface area contributed by atoms with Gasteiger partial charge in [-0.05, 0) is 40.8 Å². The van der Waals surface area contributed by atoms with Gasteiger partial charge in [-0.25, -0.2) is 13.8 Å². The SMILES string of the molecule is Fc1cc(F)c2nc3c(c(Cl)c2c1Br)CCC3. The van der Waals surface area contributed by atoms with Gasteiger partial charge in [0.2, 0.25) is 0 Å². The standard InChI is InChI=1S/C12H7BrClF2N/c13-10-6(15)4-7(16)12-9(10)11(14)5-2-1-3-8(5)17-12/h4H,1-3H2. The summed E-state index contributed by atoms with van der Waals surface area (Å²) in [7, 11) is 0. The van der Waals surface area contributed by atoms with Gasteiger partial charge < -0.3 is 0 Å². The van der Waals surface area contributed by atoms with E-state index in [9.17, 15) is 8.78 Å². The van der Waals surface area contributed by atoms with Crippen LogP contribution in [0.2, 0.25) is 5.02 Å². The second kappa shape index (κ2) is 3.89. The molecule has 5 heteroatoms. The fraction of sp³-hybridized carbons (Fsp3) is 0.250. The zero-order valence-electron chi connectivity index (χ0n) is 8.66. The molecule has 1 aromatic heterocycles. The van der Waals surface area contributed by atoms with Crippen LogP contribution in [-0.4, -0.2) is 4.98 Å². The van der Waals surface area contributed by atoms with E-state index in [4.69, 9.17) is 11.6 Å². The summed E-state index contributed by atoms with van der Waals surface area (Å²) < 4.78 is 27.3. The Morgan fingerprint density at radius 2 is 2.00 bits per heavy atom. The molecule has 0 fully saturated rings. The van der Waals surface area contributed by atoms with E-state index in [2.05, 4.69) is 20.9 Å². The molecule has 0 radical (unpaired) electrons. The number of hydrogen-bond donors (Lipinski definition) is 0. The van der Waals surface area contributed by atoms with Crippen LogP contribution in [-0.2, 0) is 12.8 Å². The summed E-state index contributed by atoms with van der Waals surface area (Å²) in [6.45, 7) is 0. The van der Waals surface area contributed by atoms with Gasteiger partial charge >= 0.3 is 0 Å². The van der Waals surface area contributed by atoms with Gasteiger partial charge in [0.05, 0.1) is 9.50 Å². The van der Waals surface area contributed by atoms with E-state index in [0.717, 1.165) is 36.6 Å². The number of aromatic nitrogens is 1. The van der Waals surface area contributed by atoms with Crippen molar-refractivity contribution in [2.24, 2.45) is 0 Å². The van der Waals surface area contributed by atoms with Crippen LogP contribution in [0.15, 0.2) is 10.5 Å². The largest absolute Gasteiger partial charge is 0.249 e. The third-order valence-electron chi connectivity index (χ3n) is 3.07. The number of rotatable bonds is 0. The molecule has 0 unspecified atom stereocenters. The quantitative estimate of drug-likeness (QED) is 0.655. The molecule has 1 aliphatic carbocycles. The van der Waals surface area contributed by atoms with Gasteiger partial charge in [0.1, 0.15) is 11.3 Å². The van der Waals surface area contributed by atoms with Crippen molar-refractivity contribution >= 4 is 38.4 Å². The highest BCUT2D eigenvalue weighted by Crippen LogP contribution is 2.39. The minimum Gasteiger partial charge on any atom is -0.249 e. The Balaban J connectivity index is 2.52. The molecule has 0 aliphatic heterocycles. The molecular weight excluding hydrogens is 311 g/mol. The van der Waals surface area contributed by atoms with Gasteiger partial charge in [-0.15, -0.1) is 0 Å². The normalized spacial score (nSPS) is 14.4. The van der Waals surface area contributed by atoms with E-state index < -0.39 is 11.6 Å². The van der Waals surface area contributed by atoms with E-state index >= 15 is 0 Å². The van der Waals surface area contributed by atoms with E-state index in [0.29, 0.717) is 10.4 Å². The van der Waals surface area contributed by atoms with Crippen molar-refractivity contribution in [3.05, 3.63) is 38.5 Å². The second-order valence-corrected chi connectivity index (χ2v) is 5.25. The van der Waals surface area contributed by atoms with Gasteiger partial charge in [0.25, 0.3) is 0 Å². The molecule has 0 spiro atoms. The number of hydrogen-bond acceptors (Lipinski definition) is 1. The van der Waals surface area contributed by atoms with Crippen LogP contribution in [0, 0.1) is 11.6 Å². The van der Waals surface area contributed by atoms with Gasteiger partial charge in [-0.2, -0.15) is 0 Å². The van der Waals surface area contributed by atoms with Crippen LogP contribution in [0.1, 0.15) is 17.7 Å². The first-order valence-electron chi connectivity index (χ1n) is 5.24. The number of aryl methyl sites for hydroxylation is 1. The minimum absolute atomic E-state index is 0.143. The third kappa shape index (κ3) is 1.58. The van der Waals surface area contributed by atoms with Crippen LogP contribution in [0.25, 0.3) is 10.9 Å². The van der Waals surface area contributed by atoms with E-state index in [1.807, 2.05) is 0 Å². The first kappa shape index (κ1) is 11.4. The molecule has 1 nitrogen and oxygen atoms in total. The Bertz CT molecular complexity index is 642. The van der Waals surface area contributed by atoms with Crippen molar-refractivity contribution in [1.82, 2.24) is 4.98 Å². The van der Waals surface area contributed by atoms with E-state index in [1.54, 1.807) is 0 Å². The zero-order chi connectivity index (χ0) is 12.2. The minimum atomic E-state index is -0.669. The van der Waals surface area contributed by atoms with Crippen molar-refractivity contribution in [3.8, 4) is 0 Å². The highest BCUT2D eigenvalue weighted by molar-refractivity contribution is 9.10. The molecule has 0 saturated carbocycles. The van der Waals surface area contributed by atoms with Gasteiger partial charge in [-0.1, -0.05) is 11.6 Å². The lowest BCUT2D eigenvalue weighted by molar-refractivity contribution is 0.586. The van der Waals surface area contributed by atoms with Gasteiger partial charge in [0.15, 0.2) is 5.82 Å². The van der Waals surface area contributed by atoms with Crippen molar-refractivity contribution < 1.29 is 8.78 Å². The molecule has 0 saturated heterocycles. The maximum atomic E-state index is 13.7. The molecule has 0 N–H and O–H groups in total. The van der Waals surface area contributed by atoms with Crippen LogP contribution >= 0.6 is 27.5 Å². The molecule has 2 aromatic rings. The van der Waals surface area contributed by atoms with Crippen LogP contribution in [0.5, 0.6) is 0 Å². The molecular formula is C12H7BrClF2N. The molecule has 1 aliphatic rings. The predicted molar refractivity (Wildman–Crippen MR) is 66.4 cm³/mol. The van der Waals surface area contributed by atoms with Gasteiger partial charge in [0, 0.05) is 17.1 Å². The summed E-state index contributed by atoms with van der Waals surface area (Å²) in [5.41, 5.74) is 1.90. The number of pyridine rings is 1.